The Labute approximate surface area is 130 Å². The van der Waals surface area contributed by atoms with Crippen LogP contribution in [0.2, 0.25) is 5.02 Å². The minimum atomic E-state index is -0.0798. The summed E-state index contributed by atoms with van der Waals surface area (Å²) in [6.45, 7) is 4.80. The van der Waals surface area contributed by atoms with Crippen LogP contribution in [0, 0.1) is 0 Å². The van der Waals surface area contributed by atoms with E-state index >= 15 is 0 Å². The molecular weight excluding hydrogens is 290 g/mol. The highest BCUT2D eigenvalue weighted by atomic mass is 35.5. The Hall–Kier alpha value is -1.30. The fourth-order valence-corrected chi connectivity index (χ4v) is 2.60. The molecule has 0 aliphatic carbocycles. The summed E-state index contributed by atoms with van der Waals surface area (Å²) in [4.78, 5) is 14.2. The van der Waals surface area contributed by atoms with Gasteiger partial charge in [0.2, 0.25) is 5.91 Å². The van der Waals surface area contributed by atoms with Gasteiger partial charge in [-0.25, -0.2) is 0 Å². The SMILES string of the molecule is CCN(CC(=O)Nc1ccc(Cl)cc1N)CC1CCCO1. The highest BCUT2D eigenvalue weighted by molar-refractivity contribution is 6.31. The molecule has 116 valence electrons. The Morgan fingerprint density at radius 3 is 3.00 bits per heavy atom. The number of nitrogens with two attached hydrogens (primary N) is 1. The van der Waals surface area contributed by atoms with Crippen LogP contribution in [0.3, 0.4) is 0 Å². The van der Waals surface area contributed by atoms with E-state index < -0.39 is 0 Å². The van der Waals surface area contributed by atoms with Crippen molar-refractivity contribution in [3.8, 4) is 0 Å². The molecule has 1 heterocycles. The summed E-state index contributed by atoms with van der Waals surface area (Å²) in [7, 11) is 0. The van der Waals surface area contributed by atoms with Gasteiger partial charge in [-0.2, -0.15) is 0 Å². The third-order valence-corrected chi connectivity index (χ3v) is 3.82. The molecule has 1 saturated heterocycles. The molecule has 1 aliphatic heterocycles. The molecule has 0 spiro atoms. The van der Waals surface area contributed by atoms with Gasteiger partial charge in [0.05, 0.1) is 24.0 Å². The smallest absolute Gasteiger partial charge is 0.238 e. The van der Waals surface area contributed by atoms with Crippen molar-refractivity contribution in [2.24, 2.45) is 0 Å². The summed E-state index contributed by atoms with van der Waals surface area (Å²) < 4.78 is 5.61. The van der Waals surface area contributed by atoms with Crippen molar-refractivity contribution in [3.63, 3.8) is 0 Å². The second-order valence-electron chi connectivity index (χ2n) is 5.24. The van der Waals surface area contributed by atoms with Crippen molar-refractivity contribution in [2.45, 2.75) is 25.9 Å². The Kier molecular flexibility index (Phi) is 5.85. The first-order valence-corrected chi connectivity index (χ1v) is 7.65. The molecule has 1 amide bonds. The molecule has 3 N–H and O–H groups in total. The number of rotatable bonds is 6. The standard InChI is InChI=1S/C15H22ClN3O2/c1-2-19(9-12-4-3-7-21-12)10-15(20)18-14-6-5-11(16)8-13(14)17/h5-6,8,12H,2-4,7,9-10,17H2,1H3,(H,18,20). The van der Waals surface area contributed by atoms with E-state index in [1.54, 1.807) is 18.2 Å². The van der Waals surface area contributed by atoms with Crippen molar-refractivity contribution in [1.29, 1.82) is 0 Å². The van der Waals surface area contributed by atoms with Gasteiger partial charge in [-0.05, 0) is 37.6 Å². The molecule has 1 aromatic rings. The number of ether oxygens (including phenoxy) is 1. The zero-order chi connectivity index (χ0) is 15.2. The lowest BCUT2D eigenvalue weighted by Crippen LogP contribution is -2.38. The number of anilines is 2. The van der Waals surface area contributed by atoms with Gasteiger partial charge in [0.15, 0.2) is 0 Å². The van der Waals surface area contributed by atoms with Gasteiger partial charge in [0, 0.05) is 18.2 Å². The lowest BCUT2D eigenvalue weighted by molar-refractivity contribution is -0.117. The second kappa shape index (κ2) is 7.64. The number of nitrogens with zero attached hydrogens (tertiary/aromatic N) is 1. The Morgan fingerprint density at radius 1 is 1.57 bits per heavy atom. The first kappa shape index (κ1) is 16.1. The van der Waals surface area contributed by atoms with Crippen LogP contribution in [0.5, 0.6) is 0 Å². The molecule has 1 fully saturated rings. The van der Waals surface area contributed by atoms with Gasteiger partial charge in [-0.3, -0.25) is 9.69 Å². The van der Waals surface area contributed by atoms with Gasteiger partial charge >= 0.3 is 0 Å². The Balaban J connectivity index is 1.86. The normalized spacial score (nSPS) is 18.1. The number of amides is 1. The molecule has 6 heteroatoms. The summed E-state index contributed by atoms with van der Waals surface area (Å²) in [5.74, 6) is -0.0798. The highest BCUT2D eigenvalue weighted by Crippen LogP contribution is 2.22. The first-order valence-electron chi connectivity index (χ1n) is 7.27. The van der Waals surface area contributed by atoms with E-state index in [1.165, 1.54) is 0 Å². The van der Waals surface area contributed by atoms with Crippen molar-refractivity contribution in [3.05, 3.63) is 23.2 Å². The topological polar surface area (TPSA) is 67.6 Å². The number of hydrogen-bond donors (Lipinski definition) is 2. The highest BCUT2D eigenvalue weighted by Gasteiger charge is 2.20. The second-order valence-corrected chi connectivity index (χ2v) is 5.68. The van der Waals surface area contributed by atoms with E-state index in [-0.39, 0.29) is 12.0 Å². The number of likely N-dealkylation sites (N-methyl/N-ethyl adjacent to an activating group) is 1. The predicted molar refractivity (Wildman–Crippen MR) is 85.6 cm³/mol. The summed E-state index contributed by atoms with van der Waals surface area (Å²) in [6, 6.07) is 5.05. The molecule has 21 heavy (non-hydrogen) atoms. The van der Waals surface area contributed by atoms with Gasteiger partial charge in [0.1, 0.15) is 0 Å². The Bertz CT molecular complexity index is 490. The monoisotopic (exact) mass is 311 g/mol. The average Bonchev–Trinajstić information content (AvgIpc) is 2.94. The third-order valence-electron chi connectivity index (χ3n) is 3.59. The fraction of sp³-hybridized carbons (Fsp3) is 0.533. The van der Waals surface area contributed by atoms with Crippen molar-refractivity contribution in [2.75, 3.05) is 37.3 Å². The zero-order valence-corrected chi connectivity index (χ0v) is 13.0. The number of carbonyl (C=O) groups excluding carboxylic acids is 1. The molecule has 5 nitrogen and oxygen atoms in total. The van der Waals surface area contributed by atoms with E-state index in [2.05, 4.69) is 10.2 Å². The van der Waals surface area contributed by atoms with Crippen LogP contribution < -0.4 is 11.1 Å². The van der Waals surface area contributed by atoms with Gasteiger partial charge in [-0.1, -0.05) is 18.5 Å². The molecular formula is C15H22ClN3O2. The van der Waals surface area contributed by atoms with Gasteiger partial charge < -0.3 is 15.8 Å². The maximum Gasteiger partial charge on any atom is 0.238 e. The van der Waals surface area contributed by atoms with Crippen molar-refractivity contribution >= 4 is 28.9 Å². The van der Waals surface area contributed by atoms with Crippen LogP contribution in [-0.4, -0.2) is 43.2 Å². The summed E-state index contributed by atoms with van der Waals surface area (Å²) >= 11 is 5.84. The number of nitrogen functional groups attached to an aromatic ring is 1. The average molecular weight is 312 g/mol. The van der Waals surface area contributed by atoms with Crippen molar-refractivity contribution < 1.29 is 9.53 Å². The molecule has 1 aromatic carbocycles. The number of halogens is 1. The summed E-state index contributed by atoms with van der Waals surface area (Å²) in [5, 5.41) is 3.38. The van der Waals surface area contributed by atoms with E-state index in [4.69, 9.17) is 22.1 Å². The minimum Gasteiger partial charge on any atom is -0.397 e. The molecule has 0 bridgehead atoms. The maximum absolute atomic E-state index is 12.1. The molecule has 1 unspecified atom stereocenters. The van der Waals surface area contributed by atoms with Crippen molar-refractivity contribution in [1.82, 2.24) is 4.90 Å². The number of carbonyl (C=O) groups is 1. The number of hydrogen-bond acceptors (Lipinski definition) is 4. The summed E-state index contributed by atoms with van der Waals surface area (Å²) in [5.41, 5.74) is 6.90. The van der Waals surface area contributed by atoms with Crippen LogP contribution in [-0.2, 0) is 9.53 Å². The molecule has 2 rings (SSSR count). The Morgan fingerprint density at radius 2 is 2.38 bits per heavy atom. The predicted octanol–water partition coefficient (Wildman–Crippen LogP) is 2.36. The van der Waals surface area contributed by atoms with Crippen LogP contribution in [0.1, 0.15) is 19.8 Å². The molecule has 1 aliphatic rings. The van der Waals surface area contributed by atoms with E-state index in [1.807, 2.05) is 6.92 Å². The molecule has 0 radical (unpaired) electrons. The molecule has 1 atom stereocenters. The number of nitrogens with one attached hydrogen (secondary N) is 1. The van der Waals surface area contributed by atoms with Crippen LogP contribution in [0.4, 0.5) is 11.4 Å². The van der Waals surface area contributed by atoms with Crippen LogP contribution >= 0.6 is 11.6 Å². The fourth-order valence-electron chi connectivity index (χ4n) is 2.42. The lowest BCUT2D eigenvalue weighted by atomic mass is 10.2. The van der Waals surface area contributed by atoms with E-state index in [9.17, 15) is 4.79 Å². The van der Waals surface area contributed by atoms with Crippen LogP contribution in [0.15, 0.2) is 18.2 Å². The van der Waals surface area contributed by atoms with E-state index in [0.717, 1.165) is 32.5 Å². The molecule has 0 saturated carbocycles. The zero-order valence-electron chi connectivity index (χ0n) is 12.3. The lowest BCUT2D eigenvalue weighted by Gasteiger charge is -2.23. The van der Waals surface area contributed by atoms with E-state index in [0.29, 0.717) is 22.9 Å². The van der Waals surface area contributed by atoms with Gasteiger partial charge in [0.25, 0.3) is 0 Å². The van der Waals surface area contributed by atoms with Gasteiger partial charge in [-0.15, -0.1) is 0 Å². The minimum absolute atomic E-state index is 0.0798. The quantitative estimate of drug-likeness (QED) is 0.791. The third kappa shape index (κ3) is 4.88. The van der Waals surface area contributed by atoms with Crippen LogP contribution in [0.25, 0.3) is 0 Å². The largest absolute Gasteiger partial charge is 0.397 e. The first-order chi connectivity index (χ1) is 10.1. The molecule has 0 aromatic heterocycles. The summed E-state index contributed by atoms with van der Waals surface area (Å²) in [6.07, 6.45) is 2.43. The number of benzene rings is 1. The maximum atomic E-state index is 12.1.